The van der Waals surface area contributed by atoms with E-state index >= 15 is 0 Å². The van der Waals surface area contributed by atoms with Gasteiger partial charge in [0.2, 0.25) is 0 Å². The molecule has 1 heterocycles. The molecule has 7 nitrogen and oxygen atoms in total. The molecule has 27 heavy (non-hydrogen) atoms. The van der Waals surface area contributed by atoms with Gasteiger partial charge in [-0.25, -0.2) is 17.6 Å². The average Bonchev–Trinajstić information content (AvgIpc) is 3.02. The van der Waals surface area contributed by atoms with Crippen molar-refractivity contribution < 1.29 is 17.6 Å². The van der Waals surface area contributed by atoms with Gasteiger partial charge in [-0.3, -0.25) is 4.68 Å². The van der Waals surface area contributed by atoms with Gasteiger partial charge < -0.3 is 10.6 Å². The third-order valence-electron chi connectivity index (χ3n) is 4.43. The van der Waals surface area contributed by atoms with E-state index in [1.165, 1.54) is 13.0 Å². The van der Waals surface area contributed by atoms with Crippen molar-refractivity contribution >= 4 is 21.6 Å². The minimum Gasteiger partial charge on any atom is -0.337 e. The Bertz CT molecular complexity index is 909. The summed E-state index contributed by atoms with van der Waals surface area (Å²) < 4.78 is 39.6. The predicted octanol–water partition coefficient (Wildman–Crippen LogP) is 2.91. The number of amides is 2. The first-order valence-electron chi connectivity index (χ1n) is 8.70. The first-order valence-corrected chi connectivity index (χ1v) is 10.4. The van der Waals surface area contributed by atoms with Gasteiger partial charge in [-0.05, 0) is 30.2 Å². The van der Waals surface area contributed by atoms with E-state index in [1.54, 1.807) is 10.9 Å². The Labute approximate surface area is 158 Å². The van der Waals surface area contributed by atoms with E-state index in [-0.39, 0.29) is 28.2 Å². The van der Waals surface area contributed by atoms with Gasteiger partial charge in [0.05, 0.1) is 16.3 Å². The Morgan fingerprint density at radius 1 is 1.30 bits per heavy atom. The van der Waals surface area contributed by atoms with Crippen LogP contribution in [0.25, 0.3) is 0 Å². The van der Waals surface area contributed by atoms with Crippen molar-refractivity contribution in [2.45, 2.75) is 31.6 Å². The molecule has 9 heteroatoms. The molecule has 1 unspecified atom stereocenters. The standard InChI is InChI=1S/C18H25FN4O3S/c1-5-27(25,26)17-10-13(19)6-7-15(17)22-18(24)20-11-14(12(2)3)16-8-9-21-23(16)4/h6-10,12,14H,5,11H2,1-4H3,(H2,20,22,24). The molecule has 2 aromatic rings. The van der Waals surface area contributed by atoms with E-state index in [2.05, 4.69) is 15.7 Å². The molecule has 2 amide bonds. The number of aromatic nitrogens is 2. The molecule has 2 N–H and O–H groups in total. The number of aryl methyl sites for hydroxylation is 1. The Balaban J connectivity index is 2.13. The van der Waals surface area contributed by atoms with Gasteiger partial charge in [-0.2, -0.15) is 5.10 Å². The molecule has 0 fully saturated rings. The minimum atomic E-state index is -3.68. The SMILES string of the molecule is CCS(=O)(=O)c1cc(F)ccc1NC(=O)NCC(c1ccnn1C)C(C)C. The number of carbonyl (C=O) groups excluding carboxylic acids is 1. The first kappa shape index (κ1) is 20.9. The second-order valence-corrected chi connectivity index (χ2v) is 8.86. The zero-order valence-corrected chi connectivity index (χ0v) is 16.7. The number of hydrogen-bond acceptors (Lipinski definition) is 4. The summed E-state index contributed by atoms with van der Waals surface area (Å²) in [5.41, 5.74) is 1.04. The number of halogens is 1. The van der Waals surface area contributed by atoms with Crippen LogP contribution in [0.15, 0.2) is 35.4 Å². The zero-order chi connectivity index (χ0) is 20.2. The molecule has 0 saturated heterocycles. The van der Waals surface area contributed by atoms with Crippen LogP contribution in [-0.2, 0) is 16.9 Å². The number of benzene rings is 1. The molecule has 0 bridgehead atoms. The van der Waals surface area contributed by atoms with E-state index in [4.69, 9.17) is 0 Å². The average molecular weight is 396 g/mol. The number of anilines is 1. The maximum absolute atomic E-state index is 13.5. The summed E-state index contributed by atoms with van der Waals surface area (Å²) in [6.07, 6.45) is 1.70. The quantitative estimate of drug-likeness (QED) is 0.753. The fraction of sp³-hybridized carbons (Fsp3) is 0.444. The molecule has 0 radical (unpaired) electrons. The van der Waals surface area contributed by atoms with Crippen molar-refractivity contribution in [1.82, 2.24) is 15.1 Å². The fourth-order valence-electron chi connectivity index (χ4n) is 2.81. The molecule has 0 aliphatic rings. The summed E-state index contributed by atoms with van der Waals surface area (Å²) in [5.74, 6) is -0.579. The van der Waals surface area contributed by atoms with Crippen molar-refractivity contribution in [1.29, 1.82) is 0 Å². The van der Waals surface area contributed by atoms with Crippen LogP contribution in [0.4, 0.5) is 14.9 Å². The molecular weight excluding hydrogens is 371 g/mol. The lowest BCUT2D eigenvalue weighted by molar-refractivity contribution is 0.250. The Kier molecular flexibility index (Phi) is 6.59. The summed E-state index contributed by atoms with van der Waals surface area (Å²) >= 11 is 0. The molecule has 1 atom stereocenters. The van der Waals surface area contributed by atoms with Crippen LogP contribution >= 0.6 is 0 Å². The molecule has 0 saturated carbocycles. The van der Waals surface area contributed by atoms with Crippen LogP contribution in [-0.4, -0.2) is 36.5 Å². The third-order valence-corrected chi connectivity index (χ3v) is 6.20. The third kappa shape index (κ3) is 5.06. The molecule has 1 aromatic carbocycles. The number of nitrogens with one attached hydrogen (secondary N) is 2. The molecule has 0 spiro atoms. The number of nitrogens with zero attached hydrogens (tertiary/aromatic N) is 2. The highest BCUT2D eigenvalue weighted by molar-refractivity contribution is 7.91. The van der Waals surface area contributed by atoms with Gasteiger partial charge in [0.25, 0.3) is 0 Å². The van der Waals surface area contributed by atoms with Crippen LogP contribution in [0, 0.1) is 11.7 Å². The lowest BCUT2D eigenvalue weighted by atomic mass is 9.92. The van der Waals surface area contributed by atoms with Crippen molar-refractivity contribution in [3.05, 3.63) is 42.0 Å². The van der Waals surface area contributed by atoms with E-state index in [0.29, 0.717) is 6.54 Å². The summed E-state index contributed by atoms with van der Waals surface area (Å²) in [5, 5.41) is 9.43. The van der Waals surface area contributed by atoms with Gasteiger partial charge >= 0.3 is 6.03 Å². The van der Waals surface area contributed by atoms with Crippen LogP contribution in [0.5, 0.6) is 0 Å². The number of sulfone groups is 1. The van der Waals surface area contributed by atoms with E-state index < -0.39 is 21.7 Å². The summed E-state index contributed by atoms with van der Waals surface area (Å²) in [7, 11) is -1.84. The maximum atomic E-state index is 13.5. The van der Waals surface area contributed by atoms with E-state index in [1.807, 2.05) is 27.0 Å². The fourth-order valence-corrected chi connectivity index (χ4v) is 3.87. The van der Waals surface area contributed by atoms with Crippen LogP contribution < -0.4 is 10.6 Å². The Morgan fingerprint density at radius 2 is 2.00 bits per heavy atom. The van der Waals surface area contributed by atoms with Crippen molar-refractivity contribution in [2.75, 3.05) is 17.6 Å². The summed E-state index contributed by atoms with van der Waals surface area (Å²) in [6.45, 7) is 5.90. The highest BCUT2D eigenvalue weighted by atomic mass is 32.2. The predicted molar refractivity (Wildman–Crippen MR) is 102 cm³/mol. The first-order chi connectivity index (χ1) is 12.7. The zero-order valence-electron chi connectivity index (χ0n) is 15.9. The monoisotopic (exact) mass is 396 g/mol. The van der Waals surface area contributed by atoms with E-state index in [9.17, 15) is 17.6 Å². The van der Waals surface area contributed by atoms with Crippen molar-refractivity contribution in [3.8, 4) is 0 Å². The second-order valence-electron chi connectivity index (χ2n) is 6.61. The van der Waals surface area contributed by atoms with Gasteiger partial charge in [-0.1, -0.05) is 20.8 Å². The van der Waals surface area contributed by atoms with Crippen molar-refractivity contribution in [2.24, 2.45) is 13.0 Å². The lowest BCUT2D eigenvalue weighted by Gasteiger charge is -2.22. The number of hydrogen-bond donors (Lipinski definition) is 2. The lowest BCUT2D eigenvalue weighted by Crippen LogP contribution is -2.34. The van der Waals surface area contributed by atoms with Gasteiger partial charge in [0.1, 0.15) is 5.82 Å². The number of urea groups is 1. The Morgan fingerprint density at radius 3 is 2.56 bits per heavy atom. The summed E-state index contributed by atoms with van der Waals surface area (Å²) in [4.78, 5) is 12.1. The van der Waals surface area contributed by atoms with Crippen molar-refractivity contribution in [3.63, 3.8) is 0 Å². The molecule has 148 valence electrons. The smallest absolute Gasteiger partial charge is 0.319 e. The molecule has 0 aliphatic carbocycles. The molecule has 2 rings (SSSR count). The molecule has 0 aliphatic heterocycles. The minimum absolute atomic E-state index is 0.0373. The van der Waals surface area contributed by atoms with Crippen LogP contribution in [0.1, 0.15) is 32.4 Å². The number of carbonyl (C=O) groups is 1. The number of rotatable bonds is 7. The summed E-state index contributed by atoms with van der Waals surface area (Å²) in [6, 6.07) is 4.62. The van der Waals surface area contributed by atoms with Gasteiger partial charge in [0, 0.05) is 31.4 Å². The normalized spacial score (nSPS) is 12.8. The van der Waals surface area contributed by atoms with Crippen LogP contribution in [0.3, 0.4) is 0 Å². The highest BCUT2D eigenvalue weighted by Crippen LogP contribution is 2.25. The second kappa shape index (κ2) is 8.51. The Hall–Kier alpha value is -2.42. The highest BCUT2D eigenvalue weighted by Gasteiger charge is 2.22. The van der Waals surface area contributed by atoms with Gasteiger partial charge in [0.15, 0.2) is 9.84 Å². The molecule has 1 aromatic heterocycles. The molecular formula is C18H25FN4O3S. The largest absolute Gasteiger partial charge is 0.337 e. The maximum Gasteiger partial charge on any atom is 0.319 e. The van der Waals surface area contributed by atoms with Gasteiger partial charge in [-0.15, -0.1) is 0 Å². The topological polar surface area (TPSA) is 93.1 Å². The van der Waals surface area contributed by atoms with Crippen LogP contribution in [0.2, 0.25) is 0 Å². The van der Waals surface area contributed by atoms with E-state index in [0.717, 1.165) is 17.8 Å².